The van der Waals surface area contributed by atoms with Gasteiger partial charge in [0, 0.05) is 31.1 Å². The summed E-state index contributed by atoms with van der Waals surface area (Å²) in [5.74, 6) is 0. The summed E-state index contributed by atoms with van der Waals surface area (Å²) < 4.78 is 2.65. The van der Waals surface area contributed by atoms with Crippen molar-refractivity contribution >= 4 is 64.8 Å². The molecule has 0 saturated carbocycles. The number of hydrogen-bond donors (Lipinski definition) is 0. The van der Waals surface area contributed by atoms with E-state index in [4.69, 9.17) is 11.6 Å². The molecule has 132 valence electrons. The van der Waals surface area contributed by atoms with Crippen LogP contribution in [0, 0.1) is 0 Å². The van der Waals surface area contributed by atoms with Gasteiger partial charge in [-0.05, 0) is 40.6 Å². The molecule has 0 spiro atoms. The number of halogens is 1. The van der Waals surface area contributed by atoms with Gasteiger partial charge in [-0.2, -0.15) is 0 Å². The summed E-state index contributed by atoms with van der Waals surface area (Å²) in [7, 11) is 0. The van der Waals surface area contributed by atoms with Gasteiger partial charge in [-0.25, -0.2) is 9.97 Å². The number of para-hydroxylation sites is 1. The summed E-state index contributed by atoms with van der Waals surface area (Å²) in [6.07, 6.45) is 0. The zero-order chi connectivity index (χ0) is 18.7. The minimum atomic E-state index is 0.272. The Labute approximate surface area is 170 Å². The molecule has 0 radical (unpaired) electrons. The zero-order valence-electron chi connectivity index (χ0n) is 14.7. The lowest BCUT2D eigenvalue weighted by atomic mass is 10.0. The predicted molar refractivity (Wildman–Crippen MR) is 120 cm³/mol. The molecule has 4 heteroatoms. The van der Waals surface area contributed by atoms with Gasteiger partial charge in [0.25, 0.3) is 0 Å². The van der Waals surface area contributed by atoms with Gasteiger partial charge in [-0.3, -0.25) is 0 Å². The van der Waals surface area contributed by atoms with E-state index in [1.807, 2.05) is 35.6 Å². The van der Waals surface area contributed by atoms with E-state index in [0.717, 1.165) is 22.2 Å². The van der Waals surface area contributed by atoms with Gasteiger partial charge in [0.05, 0.1) is 11.2 Å². The van der Waals surface area contributed by atoms with E-state index >= 15 is 0 Å². The molecular formula is C24H13ClN2S. The molecule has 2 nitrogen and oxygen atoms in total. The molecule has 6 aromatic rings. The van der Waals surface area contributed by atoms with Crippen LogP contribution in [0.3, 0.4) is 0 Å². The average Bonchev–Trinajstić information content (AvgIpc) is 3.12. The Morgan fingerprint density at radius 1 is 0.679 bits per heavy atom. The Kier molecular flexibility index (Phi) is 3.42. The van der Waals surface area contributed by atoms with Gasteiger partial charge in [-0.1, -0.05) is 60.7 Å². The first-order chi connectivity index (χ1) is 13.8. The number of thiophene rings is 1. The van der Waals surface area contributed by atoms with Crippen LogP contribution in [0.25, 0.3) is 53.1 Å². The molecule has 0 saturated heterocycles. The highest BCUT2D eigenvalue weighted by molar-refractivity contribution is 7.26. The van der Waals surface area contributed by atoms with Crippen molar-refractivity contribution in [3.8, 4) is 11.3 Å². The van der Waals surface area contributed by atoms with Crippen LogP contribution in [-0.2, 0) is 0 Å². The van der Waals surface area contributed by atoms with E-state index in [0.29, 0.717) is 0 Å². The van der Waals surface area contributed by atoms with Crippen LogP contribution in [0.5, 0.6) is 0 Å². The van der Waals surface area contributed by atoms with Gasteiger partial charge < -0.3 is 0 Å². The van der Waals surface area contributed by atoms with Gasteiger partial charge in [0.2, 0.25) is 5.28 Å². The fourth-order valence-electron chi connectivity index (χ4n) is 3.93. The lowest BCUT2D eigenvalue weighted by molar-refractivity contribution is 1.22. The smallest absolute Gasteiger partial charge is 0.218 e. The summed E-state index contributed by atoms with van der Waals surface area (Å²) in [4.78, 5) is 8.88. The lowest BCUT2D eigenvalue weighted by Gasteiger charge is -2.08. The summed E-state index contributed by atoms with van der Waals surface area (Å²) >= 11 is 8.05. The van der Waals surface area contributed by atoms with E-state index in [1.165, 1.54) is 30.9 Å². The molecule has 0 amide bonds. The largest absolute Gasteiger partial charge is 0.223 e. The monoisotopic (exact) mass is 396 g/mol. The van der Waals surface area contributed by atoms with E-state index in [-0.39, 0.29) is 5.28 Å². The third-order valence-corrected chi connectivity index (χ3v) is 6.60. The Bertz CT molecular complexity index is 1530. The molecule has 2 heterocycles. The van der Waals surface area contributed by atoms with Crippen molar-refractivity contribution < 1.29 is 0 Å². The van der Waals surface area contributed by atoms with Crippen LogP contribution in [0.1, 0.15) is 0 Å². The van der Waals surface area contributed by atoms with Crippen molar-refractivity contribution in [2.75, 3.05) is 0 Å². The van der Waals surface area contributed by atoms with E-state index in [1.54, 1.807) is 0 Å². The maximum atomic E-state index is 6.19. The van der Waals surface area contributed by atoms with Gasteiger partial charge in [0.1, 0.15) is 0 Å². The number of benzene rings is 4. The van der Waals surface area contributed by atoms with Crippen molar-refractivity contribution in [1.82, 2.24) is 9.97 Å². The highest BCUT2D eigenvalue weighted by atomic mass is 35.5. The lowest BCUT2D eigenvalue weighted by Crippen LogP contribution is -1.91. The molecule has 0 unspecified atom stereocenters. The van der Waals surface area contributed by atoms with Crippen molar-refractivity contribution in [2.45, 2.75) is 0 Å². The van der Waals surface area contributed by atoms with Gasteiger partial charge >= 0.3 is 0 Å². The Balaban J connectivity index is 1.64. The number of aromatic nitrogens is 2. The highest BCUT2D eigenvalue weighted by Crippen LogP contribution is 2.39. The van der Waals surface area contributed by atoms with Crippen LogP contribution < -0.4 is 0 Å². The maximum Gasteiger partial charge on any atom is 0.223 e. The third-order valence-electron chi connectivity index (χ3n) is 5.21. The molecule has 4 aromatic carbocycles. The van der Waals surface area contributed by atoms with Crippen LogP contribution in [0.15, 0.2) is 78.9 Å². The molecule has 0 N–H and O–H groups in total. The molecule has 0 atom stereocenters. The molecule has 28 heavy (non-hydrogen) atoms. The average molecular weight is 397 g/mol. The molecular weight excluding hydrogens is 384 g/mol. The minimum Gasteiger partial charge on any atom is -0.218 e. The SMILES string of the molecule is Clc1nc(-c2ccc3c(ccc4c5ccccc5sc34)c2)c2ccccc2n1. The fraction of sp³-hybridized carbons (Fsp3) is 0. The van der Waals surface area contributed by atoms with E-state index < -0.39 is 0 Å². The molecule has 0 aliphatic carbocycles. The van der Waals surface area contributed by atoms with Gasteiger partial charge in [0.15, 0.2) is 0 Å². The first kappa shape index (κ1) is 16.0. The molecule has 0 bridgehead atoms. The number of rotatable bonds is 1. The molecule has 0 aliphatic rings. The van der Waals surface area contributed by atoms with Crippen LogP contribution >= 0.6 is 22.9 Å². The number of fused-ring (bicyclic) bond motifs is 6. The molecule has 6 rings (SSSR count). The van der Waals surface area contributed by atoms with Crippen molar-refractivity contribution in [2.24, 2.45) is 0 Å². The second kappa shape index (κ2) is 5.99. The maximum absolute atomic E-state index is 6.19. The van der Waals surface area contributed by atoms with E-state index in [9.17, 15) is 0 Å². The minimum absolute atomic E-state index is 0.272. The van der Waals surface area contributed by atoms with Gasteiger partial charge in [-0.15, -0.1) is 11.3 Å². The van der Waals surface area contributed by atoms with Crippen LogP contribution in [0.4, 0.5) is 0 Å². The molecule has 0 aliphatic heterocycles. The Morgan fingerprint density at radius 2 is 1.46 bits per heavy atom. The summed E-state index contributed by atoms with van der Waals surface area (Å²) in [5.41, 5.74) is 2.78. The van der Waals surface area contributed by atoms with E-state index in [2.05, 4.69) is 64.6 Å². The first-order valence-corrected chi connectivity index (χ1v) is 10.2. The summed E-state index contributed by atoms with van der Waals surface area (Å²) in [6.45, 7) is 0. The third kappa shape index (κ3) is 2.34. The van der Waals surface area contributed by atoms with Crippen LogP contribution in [-0.4, -0.2) is 9.97 Å². The highest BCUT2D eigenvalue weighted by Gasteiger charge is 2.12. The Hall–Kier alpha value is -3.01. The van der Waals surface area contributed by atoms with Crippen molar-refractivity contribution in [3.05, 3.63) is 84.1 Å². The standard InChI is InChI=1S/C24H13ClN2S/c25-24-26-20-7-3-1-6-19(20)22(27-24)15-10-11-16-14(13-15)9-12-18-17-5-2-4-8-21(17)28-23(16)18/h1-13H. The summed E-state index contributed by atoms with van der Waals surface area (Å²) in [5, 5.41) is 6.39. The first-order valence-electron chi connectivity index (χ1n) is 9.05. The molecule has 2 aromatic heterocycles. The normalized spacial score (nSPS) is 11.8. The van der Waals surface area contributed by atoms with Crippen molar-refractivity contribution in [1.29, 1.82) is 0 Å². The fourth-order valence-corrected chi connectivity index (χ4v) is 5.34. The van der Waals surface area contributed by atoms with Crippen molar-refractivity contribution in [3.63, 3.8) is 0 Å². The molecule has 0 fully saturated rings. The second-order valence-electron chi connectivity index (χ2n) is 6.83. The topological polar surface area (TPSA) is 25.8 Å². The quantitative estimate of drug-likeness (QED) is 0.269. The van der Waals surface area contributed by atoms with Crippen LogP contribution in [0.2, 0.25) is 5.28 Å². The summed E-state index contributed by atoms with van der Waals surface area (Å²) in [6, 6.07) is 27.5. The Morgan fingerprint density at radius 3 is 2.39 bits per heavy atom. The zero-order valence-corrected chi connectivity index (χ0v) is 16.3. The predicted octanol–water partition coefficient (Wildman–Crippen LogP) is 7.47. The number of hydrogen-bond acceptors (Lipinski definition) is 3. The second-order valence-corrected chi connectivity index (χ2v) is 8.23. The number of nitrogens with zero attached hydrogens (tertiary/aromatic N) is 2.